The molecule has 2 aromatic rings. The minimum atomic E-state index is -0.0985. The molecule has 1 N–H and O–H groups in total. The number of ether oxygens (including phenoxy) is 2. The number of carbonyl (C=O) groups excluding carboxylic acids is 1. The number of hydrogen-bond acceptors (Lipinski definition) is 4. The average molecular weight is 347 g/mol. The highest BCUT2D eigenvalue weighted by molar-refractivity contribution is 7.09. The number of amides is 1. The molecule has 0 bridgehead atoms. The zero-order valence-corrected chi connectivity index (χ0v) is 15.3. The van der Waals surface area contributed by atoms with E-state index in [1.54, 1.807) is 36.6 Å². The van der Waals surface area contributed by atoms with Crippen LogP contribution in [0.25, 0.3) is 0 Å². The second-order valence-electron chi connectivity index (χ2n) is 5.98. The lowest BCUT2D eigenvalue weighted by molar-refractivity contribution is 0.0954. The molecule has 2 rings (SSSR count). The second kappa shape index (κ2) is 9.33. The fourth-order valence-electron chi connectivity index (χ4n) is 2.19. The third kappa shape index (κ3) is 5.57. The molecule has 130 valence electrons. The first-order chi connectivity index (χ1) is 11.6. The monoisotopic (exact) mass is 347 g/mol. The molecule has 0 radical (unpaired) electrons. The number of nitrogens with one attached hydrogen (secondary N) is 1. The zero-order valence-electron chi connectivity index (χ0n) is 14.5. The van der Waals surface area contributed by atoms with Gasteiger partial charge in [-0.05, 0) is 48.4 Å². The molecule has 0 unspecified atom stereocenters. The van der Waals surface area contributed by atoms with Crippen molar-refractivity contribution in [1.82, 2.24) is 5.32 Å². The highest BCUT2D eigenvalue weighted by Crippen LogP contribution is 2.28. The van der Waals surface area contributed by atoms with E-state index in [9.17, 15) is 4.79 Å². The topological polar surface area (TPSA) is 47.6 Å². The molecule has 1 aromatic heterocycles. The van der Waals surface area contributed by atoms with E-state index in [0.717, 1.165) is 12.8 Å². The first-order valence-electron chi connectivity index (χ1n) is 8.21. The van der Waals surface area contributed by atoms with Gasteiger partial charge in [-0.15, -0.1) is 11.3 Å². The Labute approximate surface area is 147 Å². The van der Waals surface area contributed by atoms with Gasteiger partial charge in [-0.25, -0.2) is 0 Å². The van der Waals surface area contributed by atoms with Crippen molar-refractivity contribution in [3.63, 3.8) is 0 Å². The van der Waals surface area contributed by atoms with Crippen LogP contribution in [0.3, 0.4) is 0 Å². The van der Waals surface area contributed by atoms with Gasteiger partial charge in [-0.1, -0.05) is 19.9 Å². The largest absolute Gasteiger partial charge is 0.493 e. The van der Waals surface area contributed by atoms with Crippen molar-refractivity contribution in [3.8, 4) is 11.5 Å². The molecule has 4 nitrogen and oxygen atoms in total. The molecule has 5 heteroatoms. The van der Waals surface area contributed by atoms with Crippen LogP contribution in [-0.2, 0) is 6.42 Å². The van der Waals surface area contributed by atoms with Crippen molar-refractivity contribution in [2.75, 3.05) is 20.3 Å². The summed E-state index contributed by atoms with van der Waals surface area (Å²) in [5, 5.41) is 4.98. The zero-order chi connectivity index (χ0) is 17.4. The van der Waals surface area contributed by atoms with E-state index in [4.69, 9.17) is 9.47 Å². The minimum absolute atomic E-state index is 0.0985. The summed E-state index contributed by atoms with van der Waals surface area (Å²) in [4.78, 5) is 13.5. The molecule has 1 aromatic carbocycles. The van der Waals surface area contributed by atoms with Crippen LogP contribution >= 0.6 is 11.3 Å². The van der Waals surface area contributed by atoms with Crippen molar-refractivity contribution in [1.29, 1.82) is 0 Å². The van der Waals surface area contributed by atoms with Crippen molar-refractivity contribution < 1.29 is 14.3 Å². The molecule has 0 spiro atoms. The third-order valence-corrected chi connectivity index (χ3v) is 4.55. The van der Waals surface area contributed by atoms with Gasteiger partial charge in [0.15, 0.2) is 11.5 Å². The molecule has 0 fully saturated rings. The summed E-state index contributed by atoms with van der Waals surface area (Å²) in [7, 11) is 1.59. The Morgan fingerprint density at radius 1 is 1.25 bits per heavy atom. The first kappa shape index (κ1) is 18.3. The van der Waals surface area contributed by atoms with Gasteiger partial charge in [0, 0.05) is 17.0 Å². The molecular formula is C19H25NO3S. The molecule has 0 aliphatic carbocycles. The summed E-state index contributed by atoms with van der Waals surface area (Å²) in [5.41, 5.74) is 0.578. The molecule has 0 aliphatic rings. The Hall–Kier alpha value is -2.01. The van der Waals surface area contributed by atoms with Crippen LogP contribution in [0, 0.1) is 5.92 Å². The second-order valence-corrected chi connectivity index (χ2v) is 7.01. The Balaban J connectivity index is 1.90. The summed E-state index contributed by atoms with van der Waals surface area (Å²) in [5.74, 6) is 1.75. The van der Waals surface area contributed by atoms with E-state index < -0.39 is 0 Å². The molecule has 0 aliphatic heterocycles. The van der Waals surface area contributed by atoms with Gasteiger partial charge in [0.05, 0.1) is 13.7 Å². The Morgan fingerprint density at radius 3 is 2.75 bits per heavy atom. The van der Waals surface area contributed by atoms with E-state index in [1.165, 1.54) is 4.88 Å². The SMILES string of the molecule is COc1cc(C(=O)NCCc2cccs2)ccc1OCCC(C)C. The van der Waals surface area contributed by atoms with Gasteiger partial charge in [0.25, 0.3) is 5.91 Å². The van der Waals surface area contributed by atoms with Gasteiger partial charge >= 0.3 is 0 Å². The quantitative estimate of drug-likeness (QED) is 0.741. The number of benzene rings is 1. The Morgan fingerprint density at radius 2 is 2.08 bits per heavy atom. The molecule has 0 saturated heterocycles. The molecule has 1 heterocycles. The van der Waals surface area contributed by atoms with Crippen LogP contribution in [0.15, 0.2) is 35.7 Å². The van der Waals surface area contributed by atoms with Crippen molar-refractivity contribution in [2.24, 2.45) is 5.92 Å². The predicted octanol–water partition coefficient (Wildman–Crippen LogP) is 4.15. The van der Waals surface area contributed by atoms with Gasteiger partial charge < -0.3 is 14.8 Å². The van der Waals surface area contributed by atoms with Crippen LogP contribution in [0.4, 0.5) is 0 Å². The van der Waals surface area contributed by atoms with E-state index in [0.29, 0.717) is 36.1 Å². The summed E-state index contributed by atoms with van der Waals surface area (Å²) in [6, 6.07) is 9.39. The summed E-state index contributed by atoms with van der Waals surface area (Å²) in [6.07, 6.45) is 1.82. The summed E-state index contributed by atoms with van der Waals surface area (Å²) < 4.78 is 11.1. The minimum Gasteiger partial charge on any atom is -0.493 e. The number of rotatable bonds is 9. The van der Waals surface area contributed by atoms with Crippen LogP contribution in [0.2, 0.25) is 0 Å². The number of methoxy groups -OCH3 is 1. The lowest BCUT2D eigenvalue weighted by Gasteiger charge is -2.13. The maximum Gasteiger partial charge on any atom is 0.251 e. The lowest BCUT2D eigenvalue weighted by atomic mass is 10.1. The normalized spacial score (nSPS) is 10.7. The van der Waals surface area contributed by atoms with Crippen LogP contribution < -0.4 is 14.8 Å². The Kier molecular flexibility index (Phi) is 7.12. The predicted molar refractivity (Wildman–Crippen MR) is 98.3 cm³/mol. The van der Waals surface area contributed by atoms with E-state index in [-0.39, 0.29) is 5.91 Å². The van der Waals surface area contributed by atoms with E-state index in [1.807, 2.05) is 11.4 Å². The molecule has 0 saturated carbocycles. The molecule has 1 amide bonds. The highest BCUT2D eigenvalue weighted by atomic mass is 32.1. The van der Waals surface area contributed by atoms with Crippen molar-refractivity contribution in [2.45, 2.75) is 26.7 Å². The van der Waals surface area contributed by atoms with Crippen LogP contribution in [0.5, 0.6) is 11.5 Å². The van der Waals surface area contributed by atoms with Gasteiger partial charge in [0.1, 0.15) is 0 Å². The third-order valence-electron chi connectivity index (χ3n) is 3.62. The van der Waals surface area contributed by atoms with Gasteiger partial charge in [-0.3, -0.25) is 4.79 Å². The molecular weight excluding hydrogens is 322 g/mol. The van der Waals surface area contributed by atoms with E-state index >= 15 is 0 Å². The molecule has 0 atom stereocenters. The standard InChI is InChI=1S/C19H25NO3S/c1-14(2)9-11-23-17-7-6-15(13-18(17)22-3)19(21)20-10-8-16-5-4-12-24-16/h4-7,12-14H,8-11H2,1-3H3,(H,20,21). The lowest BCUT2D eigenvalue weighted by Crippen LogP contribution is -2.25. The molecule has 24 heavy (non-hydrogen) atoms. The maximum absolute atomic E-state index is 12.3. The fourth-order valence-corrected chi connectivity index (χ4v) is 2.90. The van der Waals surface area contributed by atoms with Gasteiger partial charge in [-0.2, -0.15) is 0 Å². The Bertz CT molecular complexity index is 638. The van der Waals surface area contributed by atoms with Crippen molar-refractivity contribution >= 4 is 17.2 Å². The highest BCUT2D eigenvalue weighted by Gasteiger charge is 2.11. The van der Waals surface area contributed by atoms with Gasteiger partial charge in [0.2, 0.25) is 0 Å². The maximum atomic E-state index is 12.3. The summed E-state index contributed by atoms with van der Waals surface area (Å²) in [6.45, 7) is 5.57. The fraction of sp³-hybridized carbons (Fsp3) is 0.421. The number of thiophene rings is 1. The number of hydrogen-bond donors (Lipinski definition) is 1. The van der Waals surface area contributed by atoms with E-state index in [2.05, 4.69) is 25.2 Å². The average Bonchev–Trinajstić information content (AvgIpc) is 3.08. The van der Waals surface area contributed by atoms with Crippen LogP contribution in [-0.4, -0.2) is 26.2 Å². The van der Waals surface area contributed by atoms with Crippen molar-refractivity contribution in [3.05, 3.63) is 46.2 Å². The smallest absolute Gasteiger partial charge is 0.251 e. The summed E-state index contributed by atoms with van der Waals surface area (Å²) >= 11 is 1.70. The number of carbonyl (C=O) groups is 1. The van der Waals surface area contributed by atoms with Crippen LogP contribution in [0.1, 0.15) is 35.5 Å². The first-order valence-corrected chi connectivity index (χ1v) is 9.09.